The maximum atomic E-state index is 5.91. The van der Waals surface area contributed by atoms with Gasteiger partial charge in [0.1, 0.15) is 5.82 Å². The fourth-order valence-corrected chi connectivity index (χ4v) is 1.82. The third kappa shape index (κ3) is 1.20. The van der Waals surface area contributed by atoms with Crippen molar-refractivity contribution in [1.29, 1.82) is 0 Å². The molecule has 3 heteroatoms. The molecule has 1 atom stereocenters. The fourth-order valence-electron chi connectivity index (χ4n) is 1.66. The first-order valence-electron chi connectivity index (χ1n) is 4.44. The van der Waals surface area contributed by atoms with Crippen molar-refractivity contribution in [2.75, 3.05) is 5.32 Å². The lowest BCUT2D eigenvalue weighted by Gasteiger charge is -2.23. The monoisotopic (exact) mass is 196 g/mol. The van der Waals surface area contributed by atoms with E-state index in [9.17, 15) is 0 Å². The summed E-state index contributed by atoms with van der Waals surface area (Å²) in [5, 5.41) is 4.06. The molecule has 0 amide bonds. The maximum absolute atomic E-state index is 5.91. The molecule has 0 bridgehead atoms. The summed E-state index contributed by atoms with van der Waals surface area (Å²) in [5.74, 6) is 0.974. The third-order valence-corrected chi connectivity index (χ3v) is 3.19. The van der Waals surface area contributed by atoms with Gasteiger partial charge in [-0.15, -0.1) is 0 Å². The van der Waals surface area contributed by atoms with Gasteiger partial charge in [0.15, 0.2) is 0 Å². The van der Waals surface area contributed by atoms with Crippen molar-refractivity contribution in [2.24, 2.45) is 0 Å². The Hall–Kier alpha value is -0.760. The number of fused-ring (bicyclic) bond motifs is 1. The van der Waals surface area contributed by atoms with Crippen LogP contribution in [0.3, 0.4) is 0 Å². The lowest BCUT2D eigenvalue weighted by atomic mass is 9.82. The lowest BCUT2D eigenvalue weighted by Crippen LogP contribution is -2.29. The van der Waals surface area contributed by atoms with Crippen LogP contribution < -0.4 is 5.32 Å². The zero-order chi connectivity index (χ0) is 9.64. The van der Waals surface area contributed by atoms with Crippen LogP contribution in [-0.2, 0) is 5.41 Å². The van der Waals surface area contributed by atoms with Crippen LogP contribution in [0.25, 0.3) is 0 Å². The van der Waals surface area contributed by atoms with Crippen LogP contribution in [0.4, 0.5) is 5.82 Å². The topological polar surface area (TPSA) is 24.9 Å². The van der Waals surface area contributed by atoms with Gasteiger partial charge in [-0.1, -0.05) is 25.4 Å². The maximum Gasteiger partial charge on any atom is 0.130 e. The van der Waals surface area contributed by atoms with Gasteiger partial charge in [-0.25, -0.2) is 4.98 Å². The van der Waals surface area contributed by atoms with Crippen LogP contribution in [0.2, 0.25) is 5.02 Å². The number of anilines is 1. The van der Waals surface area contributed by atoms with Gasteiger partial charge >= 0.3 is 0 Å². The number of rotatable bonds is 0. The van der Waals surface area contributed by atoms with E-state index in [1.807, 2.05) is 6.07 Å². The van der Waals surface area contributed by atoms with E-state index in [0.717, 1.165) is 5.82 Å². The molecule has 1 aliphatic rings. The number of hydrogen-bond donors (Lipinski definition) is 1. The highest BCUT2D eigenvalue weighted by molar-refractivity contribution is 6.30. The van der Waals surface area contributed by atoms with Crippen molar-refractivity contribution >= 4 is 17.4 Å². The van der Waals surface area contributed by atoms with Crippen LogP contribution in [-0.4, -0.2) is 11.0 Å². The Kier molecular flexibility index (Phi) is 1.77. The molecule has 0 saturated carbocycles. The highest BCUT2D eigenvalue weighted by atomic mass is 35.5. The number of pyridine rings is 1. The summed E-state index contributed by atoms with van der Waals surface area (Å²) < 4.78 is 0. The zero-order valence-corrected chi connectivity index (χ0v) is 8.81. The second kappa shape index (κ2) is 2.61. The summed E-state index contributed by atoms with van der Waals surface area (Å²) in [5.41, 5.74) is 1.33. The van der Waals surface area contributed by atoms with E-state index < -0.39 is 0 Å². The standard InChI is InChI=1S/C10H13ClN2/c1-6-10(2,3)8-4-7(11)5-12-9(8)13-6/h4-6H,1-3H3,(H,12,13). The minimum atomic E-state index is 0.118. The molecule has 13 heavy (non-hydrogen) atoms. The second-order valence-corrected chi connectivity index (χ2v) is 4.57. The van der Waals surface area contributed by atoms with E-state index in [4.69, 9.17) is 11.6 Å². The van der Waals surface area contributed by atoms with Gasteiger partial charge in [0, 0.05) is 23.2 Å². The first-order chi connectivity index (χ1) is 6.01. The largest absolute Gasteiger partial charge is 0.366 e. The molecule has 0 radical (unpaired) electrons. The van der Waals surface area contributed by atoms with Crippen molar-refractivity contribution in [1.82, 2.24) is 4.98 Å². The Labute approximate surface area is 83.3 Å². The van der Waals surface area contributed by atoms with E-state index in [1.54, 1.807) is 6.20 Å². The molecular formula is C10H13ClN2. The molecule has 1 aliphatic heterocycles. The molecule has 2 rings (SSSR count). The van der Waals surface area contributed by atoms with Gasteiger partial charge in [0.2, 0.25) is 0 Å². The van der Waals surface area contributed by atoms with E-state index in [1.165, 1.54) is 5.56 Å². The summed E-state index contributed by atoms with van der Waals surface area (Å²) in [6.45, 7) is 6.57. The molecular weight excluding hydrogens is 184 g/mol. The molecule has 2 nitrogen and oxygen atoms in total. The minimum Gasteiger partial charge on any atom is -0.366 e. The molecule has 1 N–H and O–H groups in total. The van der Waals surface area contributed by atoms with Gasteiger partial charge in [0.25, 0.3) is 0 Å². The van der Waals surface area contributed by atoms with Gasteiger partial charge < -0.3 is 5.32 Å². The highest BCUT2D eigenvalue weighted by Crippen LogP contribution is 2.40. The van der Waals surface area contributed by atoms with E-state index in [-0.39, 0.29) is 5.41 Å². The minimum absolute atomic E-state index is 0.118. The smallest absolute Gasteiger partial charge is 0.130 e. The van der Waals surface area contributed by atoms with Crippen molar-refractivity contribution in [3.63, 3.8) is 0 Å². The molecule has 1 unspecified atom stereocenters. The molecule has 0 aromatic carbocycles. The summed E-state index contributed by atoms with van der Waals surface area (Å²) in [6, 6.07) is 2.41. The lowest BCUT2D eigenvalue weighted by molar-refractivity contribution is 0.486. The highest BCUT2D eigenvalue weighted by Gasteiger charge is 2.37. The average Bonchev–Trinajstić information content (AvgIpc) is 2.27. The summed E-state index contributed by atoms with van der Waals surface area (Å²) in [7, 11) is 0. The Balaban J connectivity index is 2.57. The first-order valence-corrected chi connectivity index (χ1v) is 4.82. The Bertz CT molecular complexity index is 347. The van der Waals surface area contributed by atoms with Crippen molar-refractivity contribution in [3.05, 3.63) is 22.8 Å². The Morgan fingerprint density at radius 3 is 2.92 bits per heavy atom. The SMILES string of the molecule is CC1Nc2ncc(Cl)cc2C1(C)C. The molecule has 1 aromatic rings. The number of nitrogens with zero attached hydrogens (tertiary/aromatic N) is 1. The van der Waals surface area contributed by atoms with Crippen molar-refractivity contribution in [3.8, 4) is 0 Å². The van der Waals surface area contributed by atoms with Crippen LogP contribution >= 0.6 is 11.6 Å². The fraction of sp³-hybridized carbons (Fsp3) is 0.500. The molecule has 0 saturated heterocycles. The number of hydrogen-bond acceptors (Lipinski definition) is 2. The summed E-state index contributed by atoms with van der Waals surface area (Å²) >= 11 is 5.91. The normalized spacial score (nSPS) is 23.8. The zero-order valence-electron chi connectivity index (χ0n) is 8.06. The molecule has 0 spiro atoms. The quantitative estimate of drug-likeness (QED) is 0.690. The predicted molar refractivity (Wildman–Crippen MR) is 55.4 cm³/mol. The van der Waals surface area contributed by atoms with E-state index in [0.29, 0.717) is 11.1 Å². The number of nitrogens with one attached hydrogen (secondary N) is 1. The Morgan fingerprint density at radius 1 is 1.54 bits per heavy atom. The average molecular weight is 197 g/mol. The van der Waals surface area contributed by atoms with E-state index >= 15 is 0 Å². The van der Waals surface area contributed by atoms with Crippen molar-refractivity contribution < 1.29 is 0 Å². The van der Waals surface area contributed by atoms with E-state index in [2.05, 4.69) is 31.1 Å². The van der Waals surface area contributed by atoms with Gasteiger partial charge in [-0.05, 0) is 13.0 Å². The Morgan fingerprint density at radius 2 is 2.23 bits per heavy atom. The summed E-state index contributed by atoms with van der Waals surface area (Å²) in [4.78, 5) is 4.26. The van der Waals surface area contributed by atoms with Crippen LogP contribution in [0, 0.1) is 0 Å². The number of aromatic nitrogens is 1. The van der Waals surface area contributed by atoms with Crippen LogP contribution in [0.15, 0.2) is 12.3 Å². The first kappa shape index (κ1) is 8.82. The predicted octanol–water partition coefficient (Wildman–Crippen LogP) is 2.83. The van der Waals surface area contributed by atoms with Gasteiger partial charge in [-0.3, -0.25) is 0 Å². The number of halogens is 1. The second-order valence-electron chi connectivity index (χ2n) is 4.14. The summed E-state index contributed by atoms with van der Waals surface area (Å²) in [6.07, 6.45) is 1.68. The molecule has 0 aliphatic carbocycles. The van der Waals surface area contributed by atoms with Crippen LogP contribution in [0.5, 0.6) is 0 Å². The third-order valence-electron chi connectivity index (χ3n) is 2.98. The molecule has 2 heterocycles. The van der Waals surface area contributed by atoms with Gasteiger partial charge in [-0.2, -0.15) is 0 Å². The molecule has 1 aromatic heterocycles. The van der Waals surface area contributed by atoms with Crippen LogP contribution in [0.1, 0.15) is 26.3 Å². The van der Waals surface area contributed by atoms with Crippen molar-refractivity contribution in [2.45, 2.75) is 32.2 Å². The molecule has 0 fully saturated rings. The van der Waals surface area contributed by atoms with Gasteiger partial charge in [0.05, 0.1) is 5.02 Å². The molecule has 70 valence electrons.